The molecule has 0 saturated heterocycles. The fourth-order valence-corrected chi connectivity index (χ4v) is 4.20. The predicted octanol–water partition coefficient (Wildman–Crippen LogP) is 4.30. The first-order valence-corrected chi connectivity index (χ1v) is 9.02. The van der Waals surface area contributed by atoms with Crippen molar-refractivity contribution in [1.29, 1.82) is 0 Å². The number of fused-ring (bicyclic) bond motifs is 3. The number of ether oxygens (including phenoxy) is 1. The van der Waals surface area contributed by atoms with Crippen LogP contribution < -0.4 is 21.5 Å². The van der Waals surface area contributed by atoms with E-state index >= 15 is 0 Å². The summed E-state index contributed by atoms with van der Waals surface area (Å²) in [5, 5.41) is 6.42. The highest BCUT2D eigenvalue weighted by Crippen LogP contribution is 2.44. The highest BCUT2D eigenvalue weighted by atomic mass is 32.1. The summed E-state index contributed by atoms with van der Waals surface area (Å²) >= 11 is 1.52. The van der Waals surface area contributed by atoms with Gasteiger partial charge in [-0.3, -0.25) is 0 Å². The zero-order chi connectivity index (χ0) is 17.7. The maximum Gasteiger partial charge on any atom is 0.223 e. The molecule has 0 bridgehead atoms. The number of thiophene rings is 1. The molecule has 0 saturated carbocycles. The number of nitrogens with two attached hydrogens (primary N) is 2. The first-order valence-electron chi connectivity index (χ1n) is 8.14. The van der Waals surface area contributed by atoms with Crippen LogP contribution in [0.3, 0.4) is 0 Å². The van der Waals surface area contributed by atoms with E-state index in [1.54, 1.807) is 0 Å². The summed E-state index contributed by atoms with van der Waals surface area (Å²) in [6.45, 7) is 0. The molecule has 0 atom stereocenters. The van der Waals surface area contributed by atoms with Gasteiger partial charge in [0.1, 0.15) is 10.6 Å². The number of hydrogen-bond donors (Lipinski definition) is 3. The third kappa shape index (κ3) is 2.33. The Kier molecular flexibility index (Phi) is 3.23. The largest absolute Gasteiger partial charge is 0.453 e. The zero-order valence-corrected chi connectivity index (χ0v) is 14.5. The molecule has 6 nitrogen and oxygen atoms in total. The maximum absolute atomic E-state index is 6.09. The Morgan fingerprint density at radius 2 is 1.81 bits per heavy atom. The zero-order valence-electron chi connectivity index (χ0n) is 13.7. The monoisotopic (exact) mass is 361 g/mol. The van der Waals surface area contributed by atoms with Crippen LogP contribution in [0.5, 0.6) is 11.5 Å². The van der Waals surface area contributed by atoms with Gasteiger partial charge in [0.2, 0.25) is 5.95 Å². The van der Waals surface area contributed by atoms with Crippen LogP contribution in [-0.2, 0) is 6.42 Å². The maximum atomic E-state index is 6.09. The number of aromatic nitrogens is 2. The number of nitrogen functional groups attached to an aromatic ring is 2. The van der Waals surface area contributed by atoms with Crippen molar-refractivity contribution >= 4 is 44.7 Å². The minimum atomic E-state index is 0.201. The molecule has 5 rings (SSSR count). The summed E-state index contributed by atoms with van der Waals surface area (Å²) in [4.78, 5) is 9.19. The minimum Gasteiger partial charge on any atom is -0.453 e. The van der Waals surface area contributed by atoms with Crippen LogP contribution >= 0.6 is 11.3 Å². The molecule has 128 valence electrons. The molecule has 26 heavy (non-hydrogen) atoms. The fourth-order valence-electron chi connectivity index (χ4n) is 3.24. The van der Waals surface area contributed by atoms with Gasteiger partial charge in [-0.05, 0) is 34.7 Å². The van der Waals surface area contributed by atoms with Crippen LogP contribution in [0.25, 0.3) is 10.2 Å². The number of rotatable bonds is 2. The Hall–Kier alpha value is -3.32. The van der Waals surface area contributed by atoms with Gasteiger partial charge in [0.05, 0.1) is 16.8 Å². The summed E-state index contributed by atoms with van der Waals surface area (Å²) in [6.07, 6.45) is 0.694. The molecule has 0 radical (unpaired) electrons. The van der Waals surface area contributed by atoms with Crippen LogP contribution in [-0.4, -0.2) is 9.97 Å². The van der Waals surface area contributed by atoms with Gasteiger partial charge in [0.25, 0.3) is 0 Å². The van der Waals surface area contributed by atoms with Crippen LogP contribution in [0.15, 0.2) is 47.8 Å². The molecule has 5 N–H and O–H groups in total. The molecule has 0 fully saturated rings. The van der Waals surface area contributed by atoms with Crippen molar-refractivity contribution in [3.8, 4) is 11.5 Å². The molecule has 1 aliphatic heterocycles. The lowest BCUT2D eigenvalue weighted by Crippen LogP contribution is -2.06. The average Bonchev–Trinajstić information content (AvgIpc) is 3.03. The Morgan fingerprint density at radius 3 is 2.73 bits per heavy atom. The van der Waals surface area contributed by atoms with E-state index in [2.05, 4.69) is 26.7 Å². The van der Waals surface area contributed by atoms with E-state index in [4.69, 9.17) is 16.2 Å². The second-order valence-electron chi connectivity index (χ2n) is 6.10. The van der Waals surface area contributed by atoms with Crippen molar-refractivity contribution in [3.05, 3.63) is 59.0 Å². The van der Waals surface area contributed by atoms with Gasteiger partial charge in [0.15, 0.2) is 11.5 Å². The van der Waals surface area contributed by atoms with Crippen molar-refractivity contribution < 1.29 is 4.74 Å². The topological polar surface area (TPSA) is 99.1 Å². The van der Waals surface area contributed by atoms with Crippen LogP contribution in [0.4, 0.5) is 23.1 Å². The van der Waals surface area contributed by atoms with Crippen LogP contribution in [0.1, 0.15) is 11.1 Å². The summed E-state index contributed by atoms with van der Waals surface area (Å²) in [5.74, 6) is 2.26. The number of nitrogens with one attached hydrogen (secondary N) is 1. The third-order valence-electron chi connectivity index (χ3n) is 4.42. The molecule has 4 aromatic rings. The van der Waals surface area contributed by atoms with Crippen molar-refractivity contribution in [1.82, 2.24) is 9.97 Å². The standard InChI is InChI=1S/C19H15N5OS/c20-17-15-11(9-26-18(15)24-19(21)23-17)8-10-4-3-7-14-16(10)22-12-5-1-2-6-13(12)25-14/h1-7,9,22H,8H2,(H4,20,21,23,24). The van der Waals surface area contributed by atoms with Gasteiger partial charge in [-0.25, -0.2) is 4.98 Å². The van der Waals surface area contributed by atoms with E-state index < -0.39 is 0 Å². The Bertz CT molecular complexity index is 1150. The summed E-state index contributed by atoms with van der Waals surface area (Å²) in [7, 11) is 0. The van der Waals surface area contributed by atoms with E-state index in [-0.39, 0.29) is 5.95 Å². The predicted molar refractivity (Wildman–Crippen MR) is 105 cm³/mol. The molecule has 0 spiro atoms. The highest BCUT2D eigenvalue weighted by molar-refractivity contribution is 7.17. The lowest BCUT2D eigenvalue weighted by atomic mass is 10.0. The van der Waals surface area contributed by atoms with E-state index in [1.165, 1.54) is 11.3 Å². The number of anilines is 4. The van der Waals surface area contributed by atoms with E-state index in [0.717, 1.165) is 44.2 Å². The van der Waals surface area contributed by atoms with Gasteiger partial charge >= 0.3 is 0 Å². The fraction of sp³-hybridized carbons (Fsp3) is 0.0526. The van der Waals surface area contributed by atoms with Crippen molar-refractivity contribution in [2.75, 3.05) is 16.8 Å². The molecule has 7 heteroatoms. The molecular formula is C19H15N5OS. The Morgan fingerprint density at radius 1 is 0.962 bits per heavy atom. The first-order chi connectivity index (χ1) is 12.7. The van der Waals surface area contributed by atoms with Gasteiger partial charge in [-0.1, -0.05) is 24.3 Å². The SMILES string of the molecule is Nc1nc(N)c2c(Cc3cccc4c3Nc3ccccc3O4)csc2n1. The first kappa shape index (κ1) is 15.0. The number of nitrogens with zero attached hydrogens (tertiary/aromatic N) is 2. The van der Waals surface area contributed by atoms with Gasteiger partial charge in [0, 0.05) is 6.42 Å². The highest BCUT2D eigenvalue weighted by Gasteiger charge is 2.20. The number of para-hydroxylation sites is 3. The third-order valence-corrected chi connectivity index (χ3v) is 5.34. The normalized spacial score (nSPS) is 12.2. The van der Waals surface area contributed by atoms with E-state index in [1.807, 2.05) is 36.4 Å². The Balaban J connectivity index is 1.58. The minimum absolute atomic E-state index is 0.201. The Labute approximate surface area is 153 Å². The lowest BCUT2D eigenvalue weighted by Gasteiger charge is -2.24. The van der Waals surface area contributed by atoms with Gasteiger partial charge in [-0.2, -0.15) is 4.98 Å². The van der Waals surface area contributed by atoms with Crippen molar-refractivity contribution in [2.24, 2.45) is 0 Å². The molecule has 3 heterocycles. The number of benzene rings is 2. The van der Waals surface area contributed by atoms with Crippen LogP contribution in [0, 0.1) is 0 Å². The molecule has 1 aliphatic rings. The second-order valence-corrected chi connectivity index (χ2v) is 6.96. The quantitative estimate of drug-likeness (QED) is 0.434. The molecule has 2 aromatic heterocycles. The summed E-state index contributed by atoms with van der Waals surface area (Å²) in [6, 6.07) is 13.9. The van der Waals surface area contributed by atoms with Crippen molar-refractivity contribution in [2.45, 2.75) is 6.42 Å². The molecular weight excluding hydrogens is 346 g/mol. The molecule has 0 unspecified atom stereocenters. The number of hydrogen-bond acceptors (Lipinski definition) is 7. The van der Waals surface area contributed by atoms with Gasteiger partial charge in [-0.15, -0.1) is 11.3 Å². The van der Waals surface area contributed by atoms with Crippen LogP contribution in [0.2, 0.25) is 0 Å². The second kappa shape index (κ2) is 5.60. The van der Waals surface area contributed by atoms with Gasteiger partial charge < -0.3 is 21.5 Å². The van der Waals surface area contributed by atoms with Crippen molar-refractivity contribution in [3.63, 3.8) is 0 Å². The average molecular weight is 361 g/mol. The summed E-state index contributed by atoms with van der Waals surface area (Å²) < 4.78 is 6.04. The smallest absolute Gasteiger partial charge is 0.223 e. The molecule has 0 aliphatic carbocycles. The van der Waals surface area contributed by atoms with E-state index in [0.29, 0.717) is 12.2 Å². The molecule has 2 aromatic carbocycles. The molecule has 0 amide bonds. The summed E-state index contributed by atoms with van der Waals surface area (Å²) in [5.41, 5.74) is 15.9. The van der Waals surface area contributed by atoms with E-state index in [9.17, 15) is 0 Å². The lowest BCUT2D eigenvalue weighted by molar-refractivity contribution is 0.480.